The van der Waals surface area contributed by atoms with Crippen molar-refractivity contribution in [2.24, 2.45) is 45.3 Å². The fourth-order valence-corrected chi connectivity index (χ4v) is 11.4. The largest absolute Gasteiger partial charge is 0.0596 e. The van der Waals surface area contributed by atoms with Crippen molar-refractivity contribution in [2.45, 2.75) is 189 Å². The van der Waals surface area contributed by atoms with Gasteiger partial charge < -0.3 is 0 Å². The van der Waals surface area contributed by atoms with Crippen LogP contribution in [0.2, 0.25) is 0 Å². The van der Waals surface area contributed by atoms with E-state index in [2.05, 4.69) is 41.5 Å². The molecule has 0 aromatic rings. The zero-order valence-corrected chi connectivity index (χ0v) is 26.6. The van der Waals surface area contributed by atoms with Gasteiger partial charge in [0.05, 0.1) is 0 Å². The first-order chi connectivity index (χ1) is 17.5. The summed E-state index contributed by atoms with van der Waals surface area (Å²) in [5.74, 6) is 3.85. The Balaban J connectivity index is 1.62. The van der Waals surface area contributed by atoms with E-state index in [0.717, 1.165) is 23.7 Å². The fourth-order valence-electron chi connectivity index (χ4n) is 11.4. The van der Waals surface area contributed by atoms with Crippen LogP contribution in [0, 0.1) is 45.3 Å². The minimum Gasteiger partial charge on any atom is -0.0596 e. The van der Waals surface area contributed by atoms with Crippen LogP contribution in [-0.4, -0.2) is 0 Å². The van der Waals surface area contributed by atoms with Gasteiger partial charge in [-0.25, -0.2) is 0 Å². The Labute approximate surface area is 234 Å². The summed E-state index contributed by atoms with van der Waals surface area (Å²) in [6.07, 6.45) is 34.5. The molecule has 2 unspecified atom stereocenters. The summed E-state index contributed by atoms with van der Waals surface area (Å²) in [5.41, 5.74) is 2.02. The Kier molecular flexibility index (Phi) is 10.3. The zero-order valence-electron chi connectivity index (χ0n) is 26.6. The molecule has 0 saturated heterocycles. The fraction of sp³-hybridized carbons (Fsp3) is 1.00. The average molecular weight is 513 g/mol. The molecule has 4 fully saturated rings. The van der Waals surface area contributed by atoms with Crippen LogP contribution in [-0.2, 0) is 0 Å². The van der Waals surface area contributed by atoms with Gasteiger partial charge in [0, 0.05) is 0 Å². The van der Waals surface area contributed by atoms with Gasteiger partial charge in [-0.15, -0.1) is 0 Å². The molecule has 2 atom stereocenters. The lowest BCUT2D eigenvalue weighted by Crippen LogP contribution is -2.45. The van der Waals surface area contributed by atoms with Crippen LogP contribution in [0.15, 0.2) is 0 Å². The van der Waals surface area contributed by atoms with Gasteiger partial charge in [0.2, 0.25) is 0 Å². The summed E-state index contributed by atoms with van der Waals surface area (Å²) < 4.78 is 0. The Morgan fingerprint density at radius 2 is 0.568 bits per heavy atom. The number of hydrogen-bond acceptors (Lipinski definition) is 0. The minimum atomic E-state index is 0.499. The summed E-state index contributed by atoms with van der Waals surface area (Å²) in [7, 11) is 0. The molecule has 4 aliphatic rings. The average Bonchev–Trinajstić information content (AvgIpc) is 2.90. The van der Waals surface area contributed by atoms with Gasteiger partial charge in [-0.3, -0.25) is 0 Å². The second-order valence-corrected chi connectivity index (χ2v) is 17.2. The van der Waals surface area contributed by atoms with Crippen molar-refractivity contribution in [3.05, 3.63) is 0 Å². The highest BCUT2D eigenvalue weighted by Crippen LogP contribution is 2.60. The van der Waals surface area contributed by atoms with E-state index in [0.29, 0.717) is 21.7 Å². The highest BCUT2D eigenvalue weighted by molar-refractivity contribution is 5.00. The molecule has 37 heavy (non-hydrogen) atoms. The molecule has 0 aromatic heterocycles. The lowest BCUT2D eigenvalue weighted by atomic mass is 9.50. The summed E-state index contributed by atoms with van der Waals surface area (Å²) in [4.78, 5) is 0. The molecular weight excluding hydrogens is 444 g/mol. The molecule has 0 N–H and O–H groups in total. The van der Waals surface area contributed by atoms with E-state index in [9.17, 15) is 0 Å². The predicted octanol–water partition coefficient (Wildman–Crippen LogP) is 12.5. The third-order valence-corrected chi connectivity index (χ3v) is 13.1. The molecule has 0 aliphatic heterocycles. The van der Waals surface area contributed by atoms with E-state index in [4.69, 9.17) is 0 Å². The molecular formula is C37H68. The molecule has 0 radical (unpaired) electrons. The molecule has 4 aliphatic carbocycles. The Bertz CT molecular complexity index is 604. The maximum absolute atomic E-state index is 2.84. The first-order valence-corrected chi connectivity index (χ1v) is 17.5. The normalized spacial score (nSPS) is 28.1. The molecule has 4 saturated carbocycles. The van der Waals surface area contributed by atoms with Crippen LogP contribution in [0.1, 0.15) is 189 Å². The van der Waals surface area contributed by atoms with Gasteiger partial charge >= 0.3 is 0 Å². The van der Waals surface area contributed by atoms with E-state index in [1.807, 2.05) is 0 Å². The molecule has 0 aromatic carbocycles. The SMILES string of the molecule is CC(C)(CC(C)(CC(C)(CC(C)(C)C1CCCCC1)C1CCCCC1)C1CCCCC1)C1CCCCC1. The van der Waals surface area contributed by atoms with Crippen LogP contribution in [0.25, 0.3) is 0 Å². The second kappa shape index (κ2) is 12.7. The molecule has 4 rings (SSSR count). The lowest BCUT2D eigenvalue weighted by molar-refractivity contribution is -0.0494. The second-order valence-electron chi connectivity index (χ2n) is 17.2. The highest BCUT2D eigenvalue weighted by Gasteiger charge is 2.50. The Morgan fingerprint density at radius 1 is 0.324 bits per heavy atom. The molecule has 0 amide bonds. The van der Waals surface area contributed by atoms with Crippen LogP contribution >= 0.6 is 0 Å². The number of rotatable bonds is 10. The topological polar surface area (TPSA) is 0 Å². The van der Waals surface area contributed by atoms with Gasteiger partial charge in [-0.05, 0) is 116 Å². The maximum atomic E-state index is 2.84. The zero-order chi connectivity index (χ0) is 26.6. The molecule has 0 heterocycles. The van der Waals surface area contributed by atoms with Crippen LogP contribution in [0.3, 0.4) is 0 Å². The molecule has 216 valence electrons. The van der Waals surface area contributed by atoms with E-state index >= 15 is 0 Å². The Morgan fingerprint density at radius 3 is 0.838 bits per heavy atom. The van der Waals surface area contributed by atoms with Gasteiger partial charge in [-0.2, -0.15) is 0 Å². The maximum Gasteiger partial charge on any atom is -0.0287 e. The van der Waals surface area contributed by atoms with Crippen molar-refractivity contribution in [1.82, 2.24) is 0 Å². The smallest absolute Gasteiger partial charge is 0.0287 e. The first kappa shape index (κ1) is 30.0. The third kappa shape index (κ3) is 7.60. The number of hydrogen-bond donors (Lipinski definition) is 0. The van der Waals surface area contributed by atoms with Crippen molar-refractivity contribution in [3.8, 4) is 0 Å². The summed E-state index contributed by atoms with van der Waals surface area (Å²) in [6.45, 7) is 16.5. The minimum absolute atomic E-state index is 0.499. The van der Waals surface area contributed by atoms with Gasteiger partial charge in [0.1, 0.15) is 0 Å². The van der Waals surface area contributed by atoms with Gasteiger partial charge in [0.15, 0.2) is 0 Å². The lowest BCUT2D eigenvalue weighted by Gasteiger charge is -2.55. The molecule has 0 heteroatoms. The molecule has 0 nitrogen and oxygen atoms in total. The molecule has 0 spiro atoms. The highest BCUT2D eigenvalue weighted by atomic mass is 14.5. The quantitative estimate of drug-likeness (QED) is 0.273. The van der Waals surface area contributed by atoms with E-state index in [1.54, 1.807) is 0 Å². The summed E-state index contributed by atoms with van der Waals surface area (Å²) in [5, 5.41) is 0. The van der Waals surface area contributed by atoms with E-state index in [1.165, 1.54) is 148 Å². The van der Waals surface area contributed by atoms with Crippen molar-refractivity contribution < 1.29 is 0 Å². The first-order valence-electron chi connectivity index (χ1n) is 17.5. The van der Waals surface area contributed by atoms with Crippen molar-refractivity contribution in [1.29, 1.82) is 0 Å². The molecule has 0 bridgehead atoms. The van der Waals surface area contributed by atoms with Crippen molar-refractivity contribution >= 4 is 0 Å². The summed E-state index contributed by atoms with van der Waals surface area (Å²) >= 11 is 0. The van der Waals surface area contributed by atoms with E-state index in [-0.39, 0.29) is 0 Å². The van der Waals surface area contributed by atoms with Gasteiger partial charge in [0.25, 0.3) is 0 Å². The predicted molar refractivity (Wildman–Crippen MR) is 164 cm³/mol. The summed E-state index contributed by atoms with van der Waals surface area (Å²) in [6, 6.07) is 0. The Hall–Kier alpha value is 0. The van der Waals surface area contributed by atoms with Crippen molar-refractivity contribution in [2.75, 3.05) is 0 Å². The third-order valence-electron chi connectivity index (χ3n) is 13.1. The van der Waals surface area contributed by atoms with Crippen LogP contribution < -0.4 is 0 Å². The van der Waals surface area contributed by atoms with Crippen LogP contribution in [0.4, 0.5) is 0 Å². The van der Waals surface area contributed by atoms with Gasteiger partial charge in [-0.1, -0.05) is 119 Å². The monoisotopic (exact) mass is 513 g/mol. The van der Waals surface area contributed by atoms with E-state index < -0.39 is 0 Å². The standard InChI is InChI=1S/C37H68/c1-34(2,30-19-11-7-12-20-30)27-36(5,32-23-15-9-16-24-32)29-37(6,33-25-17-10-18-26-33)28-35(3,4)31-21-13-8-14-22-31/h30-33H,7-29H2,1-6H3. The van der Waals surface area contributed by atoms with Crippen LogP contribution in [0.5, 0.6) is 0 Å². The van der Waals surface area contributed by atoms with Crippen molar-refractivity contribution in [3.63, 3.8) is 0 Å².